The fourth-order valence-electron chi connectivity index (χ4n) is 22.2. The molecule has 8 unspecified atom stereocenters. The molecule has 18 fully saturated rings. The van der Waals surface area contributed by atoms with E-state index in [1.54, 1.807) is 0 Å². The number of hydrogen-bond acceptors (Lipinski definition) is 19. The Hall–Kier alpha value is -2.64. The van der Waals surface area contributed by atoms with Gasteiger partial charge in [0.15, 0.2) is 11.6 Å². The van der Waals surface area contributed by atoms with Gasteiger partial charge in [0, 0.05) is 76.5 Å². The van der Waals surface area contributed by atoms with Crippen molar-refractivity contribution < 1.29 is 90.9 Å². The summed E-state index contributed by atoms with van der Waals surface area (Å²) < 4.78 is 101. The van der Waals surface area contributed by atoms with Crippen LogP contribution in [0.25, 0.3) is 0 Å². The van der Waals surface area contributed by atoms with Crippen LogP contribution in [0.5, 0.6) is 0 Å². The van der Waals surface area contributed by atoms with E-state index in [9.17, 15) is 19.8 Å². The number of allylic oxidation sites excluding steroid dienone is 1. The maximum atomic E-state index is 14.0. The van der Waals surface area contributed by atoms with Gasteiger partial charge in [0.05, 0.1) is 123 Å². The number of aliphatic hydroxyl groups excluding tert-OH is 2. The number of Topliss-reactive ketones (excluding diaryl/α,β-unsaturated/α-hetero) is 2. The molecule has 19 heteroatoms. The van der Waals surface area contributed by atoms with Crippen LogP contribution in [0.15, 0.2) is 60.8 Å². The maximum Gasteiger partial charge on any atom is 0.172 e. The summed E-state index contributed by atoms with van der Waals surface area (Å²) >= 11 is 0. The zero-order valence-electron chi connectivity index (χ0n) is 62.1. The Morgan fingerprint density at radius 2 is 0.931 bits per heavy atom. The summed E-state index contributed by atoms with van der Waals surface area (Å²) in [5.41, 5.74) is 4.57. The van der Waals surface area contributed by atoms with E-state index in [-0.39, 0.29) is 201 Å². The predicted molar refractivity (Wildman–Crippen MR) is 377 cm³/mol. The maximum absolute atomic E-state index is 14.0. The van der Waals surface area contributed by atoms with Gasteiger partial charge in [-0.2, -0.15) is 0 Å². The van der Waals surface area contributed by atoms with E-state index in [0.29, 0.717) is 75.0 Å². The average Bonchev–Trinajstić information content (AvgIpc) is 1.56. The molecule has 19 aliphatic rings. The second kappa shape index (κ2) is 30.0. The van der Waals surface area contributed by atoms with Crippen LogP contribution in [0, 0.1) is 47.3 Å². The molecule has 0 radical (unpaired) electrons. The molecule has 18 saturated heterocycles. The van der Waals surface area contributed by atoms with Crippen LogP contribution >= 0.6 is 0 Å². The second-order valence-electron chi connectivity index (χ2n) is 35.5. The van der Waals surface area contributed by atoms with Crippen molar-refractivity contribution in [2.75, 3.05) is 6.61 Å². The molecular formula is C83H122O19. The minimum Gasteiger partial charge on any atom is -0.394 e. The summed E-state index contributed by atoms with van der Waals surface area (Å²) in [5, 5.41) is 20.0. The first-order chi connectivity index (χ1) is 49.1. The first-order valence-corrected chi connectivity index (χ1v) is 40.7. The number of carbonyl (C=O) groups is 2. The number of aliphatic hydroxyl groups is 2. The van der Waals surface area contributed by atoms with Crippen molar-refractivity contribution in [3.63, 3.8) is 0 Å². The van der Waals surface area contributed by atoms with Crippen molar-refractivity contribution in [1.29, 1.82) is 0 Å². The number of ketones is 2. The summed E-state index contributed by atoms with van der Waals surface area (Å²) in [6.07, 6.45) is 20.5. The largest absolute Gasteiger partial charge is 0.394 e. The highest BCUT2D eigenvalue weighted by atomic mass is 16.8. The molecule has 2 N–H and O–H groups in total. The van der Waals surface area contributed by atoms with Crippen molar-refractivity contribution >= 4 is 11.6 Å². The summed E-state index contributed by atoms with van der Waals surface area (Å²) in [6.45, 7) is 33.3. The van der Waals surface area contributed by atoms with Crippen LogP contribution in [0.3, 0.4) is 0 Å². The van der Waals surface area contributed by atoms with Crippen LogP contribution in [0.4, 0.5) is 0 Å². The highest BCUT2D eigenvalue weighted by Gasteiger charge is 2.70. The highest BCUT2D eigenvalue weighted by Crippen LogP contribution is 2.57. The molecule has 19 nitrogen and oxygen atoms in total. The van der Waals surface area contributed by atoms with Crippen LogP contribution in [-0.2, 0) is 80.6 Å². The Morgan fingerprint density at radius 1 is 0.451 bits per heavy atom. The van der Waals surface area contributed by atoms with Crippen LogP contribution in [0.1, 0.15) is 215 Å². The molecular weight excluding hydrogens is 1300 g/mol. The normalized spacial score (nSPS) is 52.3. The molecule has 19 rings (SSSR count). The quantitative estimate of drug-likeness (QED) is 0.237. The lowest BCUT2D eigenvalue weighted by Crippen LogP contribution is -2.61. The molecule has 37 atom stereocenters. The summed E-state index contributed by atoms with van der Waals surface area (Å²) in [6, 6.07) is 0. The van der Waals surface area contributed by atoms with Gasteiger partial charge in [0.2, 0.25) is 0 Å². The fraction of sp³-hybridized carbons (Fsp3) is 0.855. The average molecular weight is 1420 g/mol. The summed E-state index contributed by atoms with van der Waals surface area (Å²) in [4.78, 5) is 27.6. The monoisotopic (exact) mass is 1420 g/mol. The van der Waals surface area contributed by atoms with Crippen molar-refractivity contribution in [2.45, 2.75) is 392 Å². The fourth-order valence-corrected chi connectivity index (χ4v) is 22.2. The molecule has 0 amide bonds. The van der Waals surface area contributed by atoms with E-state index in [1.807, 2.05) is 0 Å². The molecule has 102 heavy (non-hydrogen) atoms. The van der Waals surface area contributed by atoms with Gasteiger partial charge >= 0.3 is 0 Å². The molecule has 568 valence electrons. The molecule has 19 heterocycles. The van der Waals surface area contributed by atoms with Crippen molar-refractivity contribution in [2.24, 2.45) is 47.3 Å². The number of hydrogen-bond donors (Lipinski definition) is 2. The van der Waals surface area contributed by atoms with E-state index in [2.05, 4.69) is 86.9 Å². The molecule has 0 aliphatic carbocycles. The molecule has 23 bridgehead atoms. The lowest BCUT2D eigenvalue weighted by molar-refractivity contribution is -0.292. The van der Waals surface area contributed by atoms with Crippen molar-refractivity contribution in [3.05, 3.63) is 60.8 Å². The predicted octanol–water partition coefficient (Wildman–Crippen LogP) is 11.9. The molecule has 0 aromatic rings. The van der Waals surface area contributed by atoms with Crippen LogP contribution in [-0.4, -0.2) is 205 Å². The SMILES string of the molecule is C=C1CC2CC[C@@]34C[C@H]5O[C@@H]6[C@@H](O[C@@H](C/C=C/CC(=O)C[C@H]7C(C[C@H]8OC(CC[C@@H]1O2)C[C@@H](C)C8=C)O[C@H](C[C@H](C)CC)[C@@H]7C)C(C)[C@@H]6O3)[C@H]5O4.C=C1CC2CC[C@@]34C[C@H]5O[C@H]6[C@@H](O3)[C@H]3OC(CC[C@@H]3O[C@H]6[C@H]5O4)CC(=O)C[C@H]3C(C[C@H]4OC(CC[C@@H]1O2)C[C@@H](C)C4=C)O[C@H](C[C@H](O)CO)[C@@H]3C. The second-order valence-corrected chi connectivity index (χ2v) is 35.5. The third kappa shape index (κ3) is 14.5. The third-order valence-electron chi connectivity index (χ3n) is 28.6. The van der Waals surface area contributed by atoms with E-state index >= 15 is 0 Å². The highest BCUT2D eigenvalue weighted by molar-refractivity contribution is 5.80. The first-order valence-electron chi connectivity index (χ1n) is 40.7. The zero-order chi connectivity index (χ0) is 70.8. The van der Waals surface area contributed by atoms with Gasteiger partial charge in [0.1, 0.15) is 60.4 Å². The molecule has 0 saturated carbocycles. The Morgan fingerprint density at radius 3 is 1.50 bits per heavy atom. The number of fused-ring (bicyclic) bond motifs is 12. The molecule has 19 aliphatic heterocycles. The zero-order valence-corrected chi connectivity index (χ0v) is 62.1. The van der Waals surface area contributed by atoms with Gasteiger partial charge in [-0.1, -0.05) is 93.4 Å². The van der Waals surface area contributed by atoms with Gasteiger partial charge in [-0.25, -0.2) is 0 Å². The van der Waals surface area contributed by atoms with Gasteiger partial charge < -0.3 is 81.3 Å². The topological polar surface area (TPSA) is 213 Å². The Labute approximate surface area is 606 Å². The Balaban J connectivity index is 0.000000158. The van der Waals surface area contributed by atoms with Crippen molar-refractivity contribution in [3.8, 4) is 0 Å². The number of rotatable bonds is 6. The minimum atomic E-state index is -0.872. The molecule has 0 aromatic heterocycles. The third-order valence-corrected chi connectivity index (χ3v) is 28.6. The van der Waals surface area contributed by atoms with Gasteiger partial charge in [-0.05, 0) is 154 Å². The standard InChI is InChI=1S/C43H64O8.C40H58O11/c1-8-23(2)17-35-27(6)32-20-29(44)11-9-10-12-34-28(7)39-41-42(48-34)40-38(49-41)22-43(50-39,51-40)16-15-31-19-25(4)33(45-31)14-13-30-18-24(3)26(5)36(46-30)21-37(32)47-35;1-19-11-25-5-7-29-20(2)12-27(44-29)9-10-40-17-34-36(50-40)37-38(49-34)39(51-40)35-30(48-37)8-6-26(46-35)13-23(42)14-28-22(4)31(15-24(43)18-41)47-33(28)16-32(45-25)21(19)3/h9-10,23-24,27-28,30-42H,4-5,8,11-22H2,1-3,6-7H3;19,22,24-39,41,43H,2-3,5-18H2,1,4H3/b10-9+;/t23-,24-,27-,28?,30?,31?,32-,33+,34+,35-,36-,37?,38-,39+,40+,41+,42+,43-;19-,22-,24+,25?,26?,27?,28-,29+,30+,31-,32-,33?,34-,35+,36+,37+,38-,39+,40+/m11/s1. The van der Waals surface area contributed by atoms with Crippen LogP contribution < -0.4 is 0 Å². The van der Waals surface area contributed by atoms with E-state index < -0.39 is 17.7 Å². The van der Waals surface area contributed by atoms with Gasteiger partial charge in [0.25, 0.3) is 0 Å². The summed E-state index contributed by atoms with van der Waals surface area (Å²) in [5.74, 6) is 0.824. The Bertz CT molecular complexity index is 3100. The molecule has 0 aromatic carbocycles. The first kappa shape index (κ1) is 73.5. The van der Waals surface area contributed by atoms with E-state index in [4.69, 9.17) is 71.1 Å². The molecule has 2 spiro atoms. The number of carbonyl (C=O) groups excluding carboxylic acids is 2. The van der Waals surface area contributed by atoms with Gasteiger partial charge in [-0.3, -0.25) is 9.59 Å². The minimum absolute atomic E-state index is 0.00300. The number of ether oxygens (including phenoxy) is 15. The van der Waals surface area contributed by atoms with Crippen LogP contribution in [0.2, 0.25) is 0 Å². The lowest BCUT2D eigenvalue weighted by atomic mass is 9.78. The Kier molecular flexibility index (Phi) is 21.6. The lowest BCUT2D eigenvalue weighted by Gasteiger charge is -2.47. The van der Waals surface area contributed by atoms with E-state index in [0.717, 1.165) is 127 Å². The smallest absolute Gasteiger partial charge is 0.172 e. The van der Waals surface area contributed by atoms with Crippen molar-refractivity contribution in [1.82, 2.24) is 0 Å². The van der Waals surface area contributed by atoms with Gasteiger partial charge in [-0.15, -0.1) is 0 Å². The summed E-state index contributed by atoms with van der Waals surface area (Å²) in [7, 11) is 0. The van der Waals surface area contributed by atoms with E-state index in [1.165, 1.54) is 11.1 Å².